The van der Waals surface area contributed by atoms with Crippen molar-refractivity contribution < 1.29 is 0 Å². The summed E-state index contributed by atoms with van der Waals surface area (Å²) >= 11 is 0. The summed E-state index contributed by atoms with van der Waals surface area (Å²) in [5, 5.41) is 4.12. The molecule has 4 heteroatoms. The number of fused-ring (bicyclic) bond motifs is 3. The summed E-state index contributed by atoms with van der Waals surface area (Å²) in [5.41, 5.74) is 13.6. The molecule has 8 rings (SSSR count). The van der Waals surface area contributed by atoms with Gasteiger partial charge in [0.15, 0.2) is 5.82 Å². The van der Waals surface area contributed by atoms with E-state index in [9.17, 15) is 0 Å². The van der Waals surface area contributed by atoms with Crippen LogP contribution in [0.5, 0.6) is 0 Å². The normalized spacial score (nSPS) is 12.1. The maximum Gasteiger partial charge on any atom is 0.160 e. The van der Waals surface area contributed by atoms with Gasteiger partial charge in [0.1, 0.15) is 0 Å². The first-order valence-corrected chi connectivity index (χ1v) is 21.7. The number of para-hydroxylation sites is 1. The second-order valence-corrected chi connectivity index (χ2v) is 21.1. The van der Waals surface area contributed by atoms with Gasteiger partial charge >= 0.3 is 0 Å². The second-order valence-electron chi connectivity index (χ2n) is 16.1. The summed E-state index contributed by atoms with van der Waals surface area (Å²) in [4.78, 5) is 10.2. The van der Waals surface area contributed by atoms with E-state index in [0.29, 0.717) is 0 Å². The van der Waals surface area contributed by atoms with Crippen LogP contribution in [0.4, 0.5) is 0 Å². The molecule has 3 nitrogen and oxygen atoms in total. The molecule has 256 valence electrons. The van der Waals surface area contributed by atoms with Gasteiger partial charge in [-0.2, -0.15) is 0 Å². The molecule has 0 fully saturated rings. The van der Waals surface area contributed by atoms with Crippen LogP contribution in [0.3, 0.4) is 0 Å². The number of hydrogen-bond donors (Lipinski definition) is 0. The third-order valence-corrected chi connectivity index (χ3v) is 12.3. The Morgan fingerprint density at radius 3 is 1.88 bits per heavy atom. The Bertz CT molecular complexity index is 2580. The third kappa shape index (κ3) is 6.29. The van der Waals surface area contributed by atoms with E-state index in [1.165, 1.54) is 54.9 Å². The van der Waals surface area contributed by atoms with E-state index in [2.05, 4.69) is 191 Å². The molecular weight excluding hydrogens is 647 g/mol. The van der Waals surface area contributed by atoms with Crippen molar-refractivity contribution in [3.63, 3.8) is 0 Å². The predicted octanol–water partition coefficient (Wildman–Crippen LogP) is 12.4. The first kappa shape index (κ1) is 33.6. The van der Waals surface area contributed by atoms with Crippen LogP contribution >= 0.6 is 0 Å². The quantitative estimate of drug-likeness (QED) is 0.163. The van der Waals surface area contributed by atoms with E-state index in [0.717, 1.165) is 33.9 Å². The maximum absolute atomic E-state index is 5.16. The van der Waals surface area contributed by atoms with Crippen LogP contribution < -0.4 is 5.19 Å². The highest BCUT2D eigenvalue weighted by atomic mass is 28.3. The van der Waals surface area contributed by atoms with E-state index >= 15 is 0 Å². The van der Waals surface area contributed by atoms with Crippen molar-refractivity contribution in [2.24, 2.45) is 0 Å². The molecule has 0 radical (unpaired) electrons. The molecule has 0 amide bonds. The van der Waals surface area contributed by atoms with Crippen molar-refractivity contribution in [3.8, 4) is 50.7 Å². The lowest BCUT2D eigenvalue weighted by Crippen LogP contribution is -2.37. The van der Waals surface area contributed by atoms with Crippen LogP contribution in [-0.4, -0.2) is 22.6 Å². The van der Waals surface area contributed by atoms with Gasteiger partial charge in [-0.05, 0) is 71.0 Å². The lowest BCUT2D eigenvalue weighted by molar-refractivity contribution is 0.590. The van der Waals surface area contributed by atoms with Gasteiger partial charge in [-0.25, -0.2) is 9.97 Å². The zero-order valence-corrected chi connectivity index (χ0v) is 32.2. The predicted molar refractivity (Wildman–Crippen MR) is 225 cm³/mol. The summed E-state index contributed by atoms with van der Waals surface area (Å²) in [5.74, 6) is 0.728. The molecule has 0 aliphatic rings. The summed E-state index contributed by atoms with van der Waals surface area (Å²) in [7, 11) is -1.46. The summed E-state index contributed by atoms with van der Waals surface area (Å²) in [6.45, 7) is 16.2. The number of benzene rings is 6. The fraction of sp³-hybridized carbons (Fsp3) is 0.167. The van der Waals surface area contributed by atoms with Crippen molar-refractivity contribution >= 4 is 35.1 Å². The largest absolute Gasteiger partial charge is 0.309 e. The van der Waals surface area contributed by atoms with Gasteiger partial charge in [0.25, 0.3) is 0 Å². The van der Waals surface area contributed by atoms with Gasteiger partial charge < -0.3 is 4.57 Å². The second kappa shape index (κ2) is 12.9. The molecule has 2 aromatic heterocycles. The van der Waals surface area contributed by atoms with Crippen molar-refractivity contribution in [1.29, 1.82) is 0 Å². The zero-order valence-electron chi connectivity index (χ0n) is 31.2. The van der Waals surface area contributed by atoms with Crippen LogP contribution in [0.25, 0.3) is 72.5 Å². The lowest BCUT2D eigenvalue weighted by Gasteiger charge is -2.19. The summed E-state index contributed by atoms with van der Waals surface area (Å²) in [6, 6.07) is 52.8. The topological polar surface area (TPSA) is 30.7 Å². The van der Waals surface area contributed by atoms with Gasteiger partial charge in [0, 0.05) is 33.2 Å². The minimum Gasteiger partial charge on any atom is -0.309 e. The molecule has 8 aromatic rings. The first-order chi connectivity index (χ1) is 24.9. The Kier molecular flexibility index (Phi) is 8.31. The molecule has 0 bridgehead atoms. The average Bonchev–Trinajstić information content (AvgIpc) is 3.48. The molecule has 0 saturated carbocycles. The average molecular weight is 692 g/mol. The van der Waals surface area contributed by atoms with Crippen molar-refractivity contribution in [2.75, 3.05) is 0 Å². The Labute approximate surface area is 308 Å². The van der Waals surface area contributed by atoms with Gasteiger partial charge in [-0.3, -0.25) is 0 Å². The number of aromatic nitrogens is 3. The fourth-order valence-electron chi connectivity index (χ4n) is 7.27. The monoisotopic (exact) mass is 691 g/mol. The van der Waals surface area contributed by atoms with Crippen molar-refractivity contribution in [1.82, 2.24) is 14.5 Å². The Balaban J connectivity index is 1.20. The van der Waals surface area contributed by atoms with E-state index in [1.54, 1.807) is 0 Å². The number of aryl methyl sites for hydroxylation is 1. The zero-order chi connectivity index (χ0) is 36.2. The highest BCUT2D eigenvalue weighted by Crippen LogP contribution is 2.36. The number of rotatable bonds is 6. The fourth-order valence-corrected chi connectivity index (χ4v) is 8.44. The van der Waals surface area contributed by atoms with Crippen LogP contribution in [0.2, 0.25) is 19.6 Å². The van der Waals surface area contributed by atoms with Crippen LogP contribution in [0.1, 0.15) is 31.9 Å². The maximum atomic E-state index is 5.16. The SMILES string of the molecule is Cc1cc(-n2c3ccccc3c3cc([Si](C)(C)C)ccc32)ccc1-c1cccc(-c2cc(-c3ccccc3)nc(-c3ccc(C(C)(C)C)cc3)n2)c1. The van der Waals surface area contributed by atoms with Gasteiger partial charge in [-0.15, -0.1) is 0 Å². The molecular formula is C48H45N3Si. The minimum atomic E-state index is -1.46. The van der Waals surface area contributed by atoms with Crippen LogP contribution in [0, 0.1) is 6.92 Å². The van der Waals surface area contributed by atoms with Crippen LogP contribution in [-0.2, 0) is 5.41 Å². The number of nitrogens with zero attached hydrogens (tertiary/aromatic N) is 3. The molecule has 0 aliphatic heterocycles. The van der Waals surface area contributed by atoms with Crippen molar-refractivity contribution in [2.45, 2.75) is 52.8 Å². The van der Waals surface area contributed by atoms with E-state index < -0.39 is 8.07 Å². The minimum absolute atomic E-state index is 0.0775. The molecule has 0 aliphatic carbocycles. The molecule has 2 heterocycles. The van der Waals surface area contributed by atoms with Gasteiger partial charge in [-0.1, -0.05) is 155 Å². The van der Waals surface area contributed by atoms with Crippen molar-refractivity contribution in [3.05, 3.63) is 157 Å². The lowest BCUT2D eigenvalue weighted by atomic mass is 9.86. The Morgan fingerprint density at radius 2 is 1.17 bits per heavy atom. The number of hydrogen-bond acceptors (Lipinski definition) is 2. The van der Waals surface area contributed by atoms with Gasteiger partial charge in [0.05, 0.1) is 30.5 Å². The highest BCUT2D eigenvalue weighted by Gasteiger charge is 2.20. The standard InChI is InChI=1S/C48H45N3Si/c1-32-28-38(51-45-19-12-11-18-41(45)42-30-39(52(5,6)7)25-27-46(42)51)24-26-40(32)35-16-13-17-36(29-35)44-31-43(33-14-9-8-10-15-33)49-47(50-44)34-20-22-37(23-21-34)48(2,3)4/h8-31H,1-7H3. The smallest absolute Gasteiger partial charge is 0.160 e. The Morgan fingerprint density at radius 1 is 0.519 bits per heavy atom. The van der Waals surface area contributed by atoms with Crippen LogP contribution in [0.15, 0.2) is 146 Å². The molecule has 0 atom stereocenters. The summed E-state index contributed by atoms with van der Waals surface area (Å²) < 4.78 is 2.42. The highest BCUT2D eigenvalue weighted by molar-refractivity contribution is 6.88. The molecule has 0 spiro atoms. The Hall–Kier alpha value is -5.58. The van der Waals surface area contributed by atoms with Gasteiger partial charge in [0.2, 0.25) is 0 Å². The molecule has 6 aromatic carbocycles. The van der Waals surface area contributed by atoms with E-state index in [4.69, 9.17) is 9.97 Å². The molecule has 0 saturated heterocycles. The van der Waals surface area contributed by atoms with E-state index in [-0.39, 0.29) is 5.41 Å². The molecule has 52 heavy (non-hydrogen) atoms. The first-order valence-electron chi connectivity index (χ1n) is 18.2. The summed E-state index contributed by atoms with van der Waals surface area (Å²) in [6.07, 6.45) is 0. The third-order valence-electron chi connectivity index (χ3n) is 10.3. The molecule has 0 N–H and O–H groups in total. The molecule has 0 unspecified atom stereocenters. The van der Waals surface area contributed by atoms with E-state index in [1.807, 2.05) is 6.07 Å².